The molecule has 0 heterocycles. The molecule has 1 aliphatic carbocycles. The van der Waals surface area contributed by atoms with Crippen molar-refractivity contribution in [3.63, 3.8) is 0 Å². The zero-order valence-corrected chi connectivity index (χ0v) is 12.2. The third-order valence-electron chi connectivity index (χ3n) is 3.81. The molecule has 1 unspecified atom stereocenters. The van der Waals surface area contributed by atoms with Crippen LogP contribution in [0.3, 0.4) is 0 Å². The monoisotopic (exact) mass is 269 g/mol. The highest BCUT2D eigenvalue weighted by Crippen LogP contribution is 2.24. The predicted molar refractivity (Wildman–Crippen MR) is 74.8 cm³/mol. The van der Waals surface area contributed by atoms with E-state index in [9.17, 15) is 9.59 Å². The van der Waals surface area contributed by atoms with Crippen LogP contribution in [0.15, 0.2) is 0 Å². The average Bonchev–Trinajstić information content (AvgIpc) is 2.35. The number of amides is 1. The lowest BCUT2D eigenvalue weighted by Gasteiger charge is -2.23. The molecule has 19 heavy (non-hydrogen) atoms. The van der Waals surface area contributed by atoms with Crippen molar-refractivity contribution < 1.29 is 14.7 Å². The molecule has 1 saturated carbocycles. The number of rotatable bonds is 7. The molecule has 1 rings (SSSR count). The summed E-state index contributed by atoms with van der Waals surface area (Å²) in [5.74, 6) is -0.00402. The van der Waals surface area contributed by atoms with E-state index in [1.165, 1.54) is 6.42 Å². The quantitative estimate of drug-likeness (QED) is 0.747. The van der Waals surface area contributed by atoms with E-state index in [2.05, 4.69) is 19.2 Å². The van der Waals surface area contributed by atoms with Crippen LogP contribution in [0.25, 0.3) is 0 Å². The summed E-state index contributed by atoms with van der Waals surface area (Å²) in [7, 11) is 0. The summed E-state index contributed by atoms with van der Waals surface area (Å²) in [6.07, 6.45) is 6.48. The highest BCUT2D eigenvalue weighted by molar-refractivity contribution is 5.78. The lowest BCUT2D eigenvalue weighted by atomic mass is 9.88. The van der Waals surface area contributed by atoms with Gasteiger partial charge in [0.1, 0.15) is 0 Å². The van der Waals surface area contributed by atoms with E-state index < -0.39 is 5.97 Å². The Hall–Kier alpha value is -1.06. The summed E-state index contributed by atoms with van der Waals surface area (Å²) in [5, 5.41) is 11.9. The minimum Gasteiger partial charge on any atom is -0.481 e. The van der Waals surface area contributed by atoms with Gasteiger partial charge in [-0.05, 0) is 31.1 Å². The fourth-order valence-electron chi connectivity index (χ4n) is 2.91. The number of nitrogens with one attached hydrogen (secondary N) is 1. The van der Waals surface area contributed by atoms with Gasteiger partial charge in [-0.15, -0.1) is 0 Å². The Kier molecular flexibility index (Phi) is 6.89. The molecule has 0 aliphatic heterocycles. The third kappa shape index (κ3) is 6.60. The van der Waals surface area contributed by atoms with Crippen LogP contribution in [0.4, 0.5) is 0 Å². The number of carboxylic acids is 1. The second-order valence-electron chi connectivity index (χ2n) is 6.17. The Bertz CT molecular complexity index is 296. The van der Waals surface area contributed by atoms with E-state index in [-0.39, 0.29) is 24.2 Å². The first-order valence-electron chi connectivity index (χ1n) is 7.48. The lowest BCUT2D eigenvalue weighted by Crippen LogP contribution is -2.36. The van der Waals surface area contributed by atoms with E-state index in [0.29, 0.717) is 12.5 Å². The van der Waals surface area contributed by atoms with Crippen LogP contribution in [0.2, 0.25) is 0 Å². The predicted octanol–water partition coefficient (Wildman–Crippen LogP) is 2.82. The molecule has 110 valence electrons. The van der Waals surface area contributed by atoms with Gasteiger partial charge in [-0.25, -0.2) is 0 Å². The molecular formula is C15H27NO3. The Morgan fingerprint density at radius 2 is 1.84 bits per heavy atom. The molecule has 0 spiro atoms. The molecule has 1 atom stereocenters. The first-order valence-corrected chi connectivity index (χ1v) is 7.48. The third-order valence-corrected chi connectivity index (χ3v) is 3.81. The standard InChI is InChI=1S/C15H27NO3/c1-11(2)8-12(9-14(17)18)10-16-15(19)13-6-4-3-5-7-13/h11-13H,3-10H2,1-2H3,(H,16,19)(H,17,18). The smallest absolute Gasteiger partial charge is 0.303 e. The molecule has 1 amide bonds. The average molecular weight is 269 g/mol. The summed E-state index contributed by atoms with van der Waals surface area (Å²) in [5.41, 5.74) is 0. The fraction of sp³-hybridized carbons (Fsp3) is 0.867. The number of hydrogen-bond donors (Lipinski definition) is 2. The molecule has 0 bridgehead atoms. The first kappa shape index (κ1) is 16.0. The first-order chi connectivity index (χ1) is 8.99. The lowest BCUT2D eigenvalue weighted by molar-refractivity contribution is -0.138. The summed E-state index contributed by atoms with van der Waals surface area (Å²) in [6, 6.07) is 0. The zero-order chi connectivity index (χ0) is 14.3. The van der Waals surface area contributed by atoms with E-state index >= 15 is 0 Å². The number of carbonyl (C=O) groups excluding carboxylic acids is 1. The molecule has 4 heteroatoms. The largest absolute Gasteiger partial charge is 0.481 e. The Labute approximate surface area is 116 Å². The van der Waals surface area contributed by atoms with Crippen molar-refractivity contribution >= 4 is 11.9 Å². The van der Waals surface area contributed by atoms with Crippen LogP contribution < -0.4 is 5.32 Å². The Balaban J connectivity index is 2.36. The summed E-state index contributed by atoms with van der Waals surface area (Å²) >= 11 is 0. The Morgan fingerprint density at radius 1 is 1.21 bits per heavy atom. The maximum absolute atomic E-state index is 12.0. The fourth-order valence-corrected chi connectivity index (χ4v) is 2.91. The van der Waals surface area contributed by atoms with Gasteiger partial charge >= 0.3 is 5.97 Å². The Morgan fingerprint density at radius 3 is 2.37 bits per heavy atom. The SMILES string of the molecule is CC(C)CC(CNC(=O)C1CCCCC1)CC(=O)O. The normalized spacial score (nSPS) is 18.3. The van der Waals surface area contributed by atoms with Crippen molar-refractivity contribution in [2.24, 2.45) is 17.8 Å². The van der Waals surface area contributed by atoms with Crippen LogP contribution >= 0.6 is 0 Å². The van der Waals surface area contributed by atoms with Crippen LogP contribution in [0.5, 0.6) is 0 Å². The van der Waals surface area contributed by atoms with Crippen molar-refractivity contribution in [2.75, 3.05) is 6.54 Å². The number of aliphatic carboxylic acids is 1. The van der Waals surface area contributed by atoms with E-state index in [4.69, 9.17) is 5.11 Å². The molecule has 0 aromatic rings. The van der Waals surface area contributed by atoms with Crippen LogP contribution in [-0.2, 0) is 9.59 Å². The molecule has 0 aromatic carbocycles. The molecule has 1 aliphatic rings. The van der Waals surface area contributed by atoms with Gasteiger partial charge in [-0.3, -0.25) is 9.59 Å². The minimum absolute atomic E-state index is 0.0463. The maximum atomic E-state index is 12.0. The van der Waals surface area contributed by atoms with Crippen LogP contribution in [0.1, 0.15) is 58.8 Å². The second-order valence-corrected chi connectivity index (χ2v) is 6.17. The van der Waals surface area contributed by atoms with Gasteiger partial charge in [0.2, 0.25) is 5.91 Å². The highest BCUT2D eigenvalue weighted by Gasteiger charge is 2.22. The highest BCUT2D eigenvalue weighted by atomic mass is 16.4. The van der Waals surface area contributed by atoms with Crippen molar-refractivity contribution in [2.45, 2.75) is 58.8 Å². The van der Waals surface area contributed by atoms with E-state index in [0.717, 1.165) is 32.1 Å². The molecule has 0 aromatic heterocycles. The van der Waals surface area contributed by atoms with E-state index in [1.807, 2.05) is 0 Å². The topological polar surface area (TPSA) is 66.4 Å². The molecule has 0 saturated heterocycles. The molecule has 0 radical (unpaired) electrons. The number of carbonyl (C=O) groups is 2. The van der Waals surface area contributed by atoms with Crippen LogP contribution in [0, 0.1) is 17.8 Å². The van der Waals surface area contributed by atoms with Gasteiger partial charge in [0.25, 0.3) is 0 Å². The second kappa shape index (κ2) is 8.18. The van der Waals surface area contributed by atoms with Gasteiger partial charge in [0.15, 0.2) is 0 Å². The van der Waals surface area contributed by atoms with Gasteiger partial charge in [0.05, 0.1) is 0 Å². The summed E-state index contributed by atoms with van der Waals surface area (Å²) < 4.78 is 0. The van der Waals surface area contributed by atoms with Gasteiger partial charge in [0, 0.05) is 18.9 Å². The number of carboxylic acid groups (broad SMARTS) is 1. The van der Waals surface area contributed by atoms with Crippen molar-refractivity contribution in [1.29, 1.82) is 0 Å². The summed E-state index contributed by atoms with van der Waals surface area (Å²) in [6.45, 7) is 4.66. The van der Waals surface area contributed by atoms with Crippen molar-refractivity contribution in [1.82, 2.24) is 5.32 Å². The number of hydrogen-bond acceptors (Lipinski definition) is 2. The van der Waals surface area contributed by atoms with Crippen molar-refractivity contribution in [3.05, 3.63) is 0 Å². The van der Waals surface area contributed by atoms with Gasteiger partial charge in [-0.2, -0.15) is 0 Å². The van der Waals surface area contributed by atoms with Crippen LogP contribution in [-0.4, -0.2) is 23.5 Å². The maximum Gasteiger partial charge on any atom is 0.303 e. The zero-order valence-electron chi connectivity index (χ0n) is 12.2. The van der Waals surface area contributed by atoms with Crippen molar-refractivity contribution in [3.8, 4) is 0 Å². The van der Waals surface area contributed by atoms with Gasteiger partial charge in [-0.1, -0.05) is 33.1 Å². The summed E-state index contributed by atoms with van der Waals surface area (Å²) in [4.78, 5) is 22.8. The van der Waals surface area contributed by atoms with Gasteiger partial charge < -0.3 is 10.4 Å². The van der Waals surface area contributed by atoms with E-state index in [1.54, 1.807) is 0 Å². The minimum atomic E-state index is -0.780. The molecular weight excluding hydrogens is 242 g/mol. The molecule has 1 fully saturated rings. The molecule has 2 N–H and O–H groups in total. The molecule has 4 nitrogen and oxygen atoms in total.